The zero-order valence-electron chi connectivity index (χ0n) is 8.81. The number of hydrogen-bond donors (Lipinski definition) is 1. The zero-order chi connectivity index (χ0) is 12.3. The third kappa shape index (κ3) is 4.78. The van der Waals surface area contributed by atoms with E-state index in [9.17, 15) is 18.0 Å². The Labute approximate surface area is 88.2 Å². The van der Waals surface area contributed by atoms with Crippen LogP contribution >= 0.6 is 0 Å². The lowest BCUT2D eigenvalue weighted by Crippen LogP contribution is -2.34. The molecular formula is C8H14O6S. The van der Waals surface area contributed by atoms with Gasteiger partial charge < -0.3 is 9.84 Å². The van der Waals surface area contributed by atoms with E-state index in [-0.39, 0.29) is 0 Å². The quantitative estimate of drug-likeness (QED) is 0.659. The van der Waals surface area contributed by atoms with E-state index in [1.54, 1.807) is 0 Å². The topological polar surface area (TPSA) is 97.7 Å². The van der Waals surface area contributed by atoms with Gasteiger partial charge in [0.1, 0.15) is 5.75 Å². The van der Waals surface area contributed by atoms with Crippen LogP contribution < -0.4 is 0 Å². The van der Waals surface area contributed by atoms with Crippen molar-refractivity contribution in [3.8, 4) is 0 Å². The molecule has 15 heavy (non-hydrogen) atoms. The van der Waals surface area contributed by atoms with Gasteiger partial charge in [0.05, 0.1) is 18.3 Å². The molecule has 0 unspecified atom stereocenters. The Bertz CT molecular complexity index is 353. The molecule has 1 N–H and O–H groups in total. The predicted molar refractivity (Wildman–Crippen MR) is 52.1 cm³/mol. The zero-order valence-corrected chi connectivity index (χ0v) is 9.63. The molecule has 0 aromatic carbocycles. The fourth-order valence-corrected chi connectivity index (χ4v) is 2.70. The van der Waals surface area contributed by atoms with Gasteiger partial charge in [0.2, 0.25) is 0 Å². The third-order valence-electron chi connectivity index (χ3n) is 1.73. The standard InChI is InChI=1S/C8H14O6S/c1-8(2,7(10)11)5-15(12,13)4-6(9)14-3/h4-5H2,1-3H3,(H,10,11). The van der Waals surface area contributed by atoms with Gasteiger partial charge in [0, 0.05) is 0 Å². The average Bonchev–Trinajstić information content (AvgIpc) is 2.00. The van der Waals surface area contributed by atoms with E-state index >= 15 is 0 Å². The molecule has 0 aromatic heterocycles. The van der Waals surface area contributed by atoms with E-state index in [1.165, 1.54) is 13.8 Å². The Morgan fingerprint density at radius 2 is 1.80 bits per heavy atom. The molecule has 0 radical (unpaired) electrons. The molecule has 0 rings (SSSR count). The molecule has 0 bridgehead atoms. The molecule has 0 fully saturated rings. The summed E-state index contributed by atoms with van der Waals surface area (Å²) in [6.07, 6.45) is 0. The molecule has 0 aliphatic heterocycles. The number of carbonyl (C=O) groups is 2. The van der Waals surface area contributed by atoms with E-state index in [0.29, 0.717) is 0 Å². The smallest absolute Gasteiger partial charge is 0.320 e. The van der Waals surface area contributed by atoms with Gasteiger partial charge in [-0.2, -0.15) is 0 Å². The van der Waals surface area contributed by atoms with Crippen LogP contribution in [-0.2, 0) is 24.2 Å². The van der Waals surface area contributed by atoms with Gasteiger partial charge in [0.15, 0.2) is 9.84 Å². The molecule has 0 heterocycles. The molecule has 0 aliphatic rings. The van der Waals surface area contributed by atoms with Crippen molar-refractivity contribution in [2.75, 3.05) is 18.6 Å². The highest BCUT2D eigenvalue weighted by Gasteiger charge is 2.34. The Hall–Kier alpha value is -1.11. The number of ether oxygens (including phenoxy) is 1. The number of sulfone groups is 1. The van der Waals surface area contributed by atoms with Gasteiger partial charge in [0.25, 0.3) is 0 Å². The molecular weight excluding hydrogens is 224 g/mol. The van der Waals surface area contributed by atoms with E-state index in [2.05, 4.69) is 4.74 Å². The second-order valence-corrected chi connectivity index (χ2v) is 5.86. The highest BCUT2D eigenvalue weighted by atomic mass is 32.2. The number of hydrogen-bond acceptors (Lipinski definition) is 5. The number of carbonyl (C=O) groups excluding carboxylic acids is 1. The first-order valence-corrected chi connectivity index (χ1v) is 5.93. The molecule has 0 aliphatic carbocycles. The molecule has 0 atom stereocenters. The van der Waals surface area contributed by atoms with E-state index < -0.39 is 38.7 Å². The summed E-state index contributed by atoms with van der Waals surface area (Å²) in [5, 5.41) is 8.72. The maximum atomic E-state index is 11.4. The first-order valence-electron chi connectivity index (χ1n) is 4.11. The van der Waals surface area contributed by atoms with Crippen molar-refractivity contribution in [1.82, 2.24) is 0 Å². The van der Waals surface area contributed by atoms with Gasteiger partial charge >= 0.3 is 11.9 Å². The van der Waals surface area contributed by atoms with Crippen LogP contribution in [0.4, 0.5) is 0 Å². The Balaban J connectivity index is 4.66. The predicted octanol–water partition coefficient (Wildman–Crippen LogP) is -0.315. The second-order valence-electron chi connectivity index (χ2n) is 3.80. The van der Waals surface area contributed by atoms with Crippen molar-refractivity contribution in [3.63, 3.8) is 0 Å². The van der Waals surface area contributed by atoms with Gasteiger partial charge in [-0.1, -0.05) is 0 Å². The van der Waals surface area contributed by atoms with Crippen LogP contribution in [0, 0.1) is 5.41 Å². The van der Waals surface area contributed by atoms with Gasteiger partial charge in [-0.3, -0.25) is 9.59 Å². The summed E-state index contributed by atoms with van der Waals surface area (Å²) in [6.45, 7) is 2.56. The first kappa shape index (κ1) is 13.9. The largest absolute Gasteiger partial charge is 0.481 e. The molecule has 0 aromatic rings. The first-order chi connectivity index (χ1) is 6.60. The summed E-state index contributed by atoms with van der Waals surface area (Å²) in [5.74, 6) is -3.50. The highest BCUT2D eigenvalue weighted by Crippen LogP contribution is 2.18. The van der Waals surface area contributed by atoms with Gasteiger partial charge in [-0.05, 0) is 13.8 Å². The summed E-state index contributed by atoms with van der Waals surface area (Å²) < 4.78 is 26.9. The van der Waals surface area contributed by atoms with Crippen molar-refractivity contribution in [2.45, 2.75) is 13.8 Å². The molecule has 7 heteroatoms. The molecule has 0 saturated heterocycles. The summed E-state index contributed by atoms with van der Waals surface area (Å²) >= 11 is 0. The van der Waals surface area contributed by atoms with Crippen molar-refractivity contribution in [3.05, 3.63) is 0 Å². The van der Waals surface area contributed by atoms with Crippen LogP contribution in [0.2, 0.25) is 0 Å². The maximum Gasteiger partial charge on any atom is 0.320 e. The SMILES string of the molecule is COC(=O)CS(=O)(=O)CC(C)(C)C(=O)O. The fraction of sp³-hybridized carbons (Fsp3) is 0.750. The lowest BCUT2D eigenvalue weighted by Gasteiger charge is -2.18. The van der Waals surface area contributed by atoms with Gasteiger partial charge in [-0.15, -0.1) is 0 Å². The van der Waals surface area contributed by atoms with E-state index in [0.717, 1.165) is 7.11 Å². The maximum absolute atomic E-state index is 11.4. The number of esters is 1. The number of carboxylic acid groups (broad SMARTS) is 1. The van der Waals surface area contributed by atoms with Crippen LogP contribution in [0.5, 0.6) is 0 Å². The summed E-state index contributed by atoms with van der Waals surface area (Å²) in [5.41, 5.74) is -1.41. The minimum absolute atomic E-state index is 0.593. The van der Waals surface area contributed by atoms with Crippen LogP contribution in [0.15, 0.2) is 0 Å². The van der Waals surface area contributed by atoms with Crippen LogP contribution in [0.3, 0.4) is 0 Å². The molecule has 6 nitrogen and oxygen atoms in total. The van der Waals surface area contributed by atoms with Crippen molar-refractivity contribution in [2.24, 2.45) is 5.41 Å². The highest BCUT2D eigenvalue weighted by molar-refractivity contribution is 7.92. The molecule has 0 saturated carbocycles. The fourth-order valence-electron chi connectivity index (χ4n) is 0.901. The minimum atomic E-state index is -3.75. The number of aliphatic carboxylic acids is 1. The van der Waals surface area contributed by atoms with E-state index in [1.807, 2.05) is 0 Å². The van der Waals surface area contributed by atoms with Crippen LogP contribution in [0.25, 0.3) is 0 Å². The molecule has 88 valence electrons. The van der Waals surface area contributed by atoms with Crippen molar-refractivity contribution < 1.29 is 27.9 Å². The number of rotatable bonds is 5. The summed E-state index contributed by atoms with van der Waals surface area (Å²) in [7, 11) is -2.68. The van der Waals surface area contributed by atoms with Crippen LogP contribution in [0.1, 0.15) is 13.8 Å². The van der Waals surface area contributed by atoms with E-state index in [4.69, 9.17) is 5.11 Å². The summed E-state index contributed by atoms with van der Waals surface area (Å²) in [6, 6.07) is 0. The van der Waals surface area contributed by atoms with Crippen molar-refractivity contribution in [1.29, 1.82) is 0 Å². The second kappa shape index (κ2) is 4.61. The Morgan fingerprint density at radius 1 is 1.33 bits per heavy atom. The Morgan fingerprint density at radius 3 is 2.13 bits per heavy atom. The monoisotopic (exact) mass is 238 g/mol. The lowest BCUT2D eigenvalue weighted by atomic mass is 9.97. The summed E-state index contributed by atoms with van der Waals surface area (Å²) in [4.78, 5) is 21.4. The third-order valence-corrected chi connectivity index (χ3v) is 3.56. The molecule has 0 amide bonds. The van der Waals surface area contributed by atoms with Gasteiger partial charge in [-0.25, -0.2) is 8.42 Å². The minimum Gasteiger partial charge on any atom is -0.481 e. The number of carboxylic acids is 1. The Kier molecular flexibility index (Phi) is 4.27. The normalized spacial score (nSPS) is 12.2. The van der Waals surface area contributed by atoms with Crippen LogP contribution in [-0.4, -0.2) is 44.1 Å². The number of methoxy groups -OCH3 is 1. The lowest BCUT2D eigenvalue weighted by molar-refractivity contribution is -0.145. The van der Waals surface area contributed by atoms with Crippen molar-refractivity contribution >= 4 is 21.8 Å². The molecule has 0 spiro atoms. The average molecular weight is 238 g/mol.